The van der Waals surface area contributed by atoms with E-state index >= 15 is 0 Å². The highest BCUT2D eigenvalue weighted by Gasteiger charge is 2.25. The molecule has 0 spiro atoms. The first kappa shape index (κ1) is 10.1. The van der Waals surface area contributed by atoms with Gasteiger partial charge in [-0.15, -0.1) is 0 Å². The Bertz CT molecular complexity index is 599. The summed E-state index contributed by atoms with van der Waals surface area (Å²) >= 11 is 0. The monoisotopic (exact) mass is 232 g/mol. The minimum Gasteiger partial charge on any atom is -0.488 e. The lowest BCUT2D eigenvalue weighted by Crippen LogP contribution is -2.01. The summed E-state index contributed by atoms with van der Waals surface area (Å²) in [4.78, 5) is 11.0. The third-order valence-corrected chi connectivity index (χ3v) is 2.75. The molecule has 1 N–H and O–H groups in total. The number of aromatic carboxylic acids is 1. The van der Waals surface area contributed by atoms with Crippen LogP contribution in [0.25, 0.3) is 10.9 Å². The second-order valence-corrected chi connectivity index (χ2v) is 4.34. The highest BCUT2D eigenvalue weighted by Crippen LogP contribution is 2.32. The van der Waals surface area contributed by atoms with Gasteiger partial charge in [-0.3, -0.25) is 4.68 Å². The van der Waals surface area contributed by atoms with Gasteiger partial charge in [-0.05, 0) is 25.0 Å². The van der Waals surface area contributed by atoms with Crippen molar-refractivity contribution in [2.45, 2.75) is 18.9 Å². The zero-order valence-corrected chi connectivity index (χ0v) is 9.38. The van der Waals surface area contributed by atoms with Crippen molar-refractivity contribution in [2.24, 2.45) is 7.05 Å². The van der Waals surface area contributed by atoms with Crippen LogP contribution >= 0.6 is 0 Å². The Labute approximate surface area is 97.6 Å². The number of hydrogen-bond acceptors (Lipinski definition) is 3. The van der Waals surface area contributed by atoms with Crippen LogP contribution in [0, 0.1) is 0 Å². The van der Waals surface area contributed by atoms with Crippen LogP contribution in [0.4, 0.5) is 0 Å². The number of carboxylic acids is 1. The van der Waals surface area contributed by atoms with Crippen LogP contribution in [0.3, 0.4) is 0 Å². The molecule has 3 rings (SSSR count). The van der Waals surface area contributed by atoms with Gasteiger partial charge in [0, 0.05) is 18.6 Å². The number of carboxylic acid groups (broad SMARTS) is 1. The smallest absolute Gasteiger partial charge is 0.335 e. The quantitative estimate of drug-likeness (QED) is 0.876. The number of rotatable bonds is 3. The maximum atomic E-state index is 11.0. The van der Waals surface area contributed by atoms with E-state index in [9.17, 15) is 4.79 Å². The topological polar surface area (TPSA) is 64.4 Å². The van der Waals surface area contributed by atoms with Gasteiger partial charge in [-0.25, -0.2) is 4.79 Å². The van der Waals surface area contributed by atoms with Crippen molar-refractivity contribution in [1.82, 2.24) is 9.78 Å². The minimum absolute atomic E-state index is 0.226. The Hall–Kier alpha value is -2.04. The van der Waals surface area contributed by atoms with Gasteiger partial charge in [0.15, 0.2) is 0 Å². The number of nitrogens with zero attached hydrogens (tertiary/aromatic N) is 2. The average Bonchev–Trinajstić information content (AvgIpc) is 2.98. The summed E-state index contributed by atoms with van der Waals surface area (Å²) in [5.74, 6) is -0.376. The van der Waals surface area contributed by atoms with E-state index in [0.717, 1.165) is 23.7 Å². The van der Waals surface area contributed by atoms with E-state index in [1.54, 1.807) is 30.1 Å². The first-order valence-electron chi connectivity index (χ1n) is 5.51. The molecule has 0 atom stereocenters. The van der Waals surface area contributed by atoms with E-state index in [2.05, 4.69) is 5.10 Å². The minimum atomic E-state index is -0.948. The summed E-state index contributed by atoms with van der Waals surface area (Å²) < 4.78 is 7.37. The fourth-order valence-corrected chi connectivity index (χ4v) is 1.80. The van der Waals surface area contributed by atoms with Gasteiger partial charge in [0.25, 0.3) is 0 Å². The molecule has 1 heterocycles. The van der Waals surface area contributed by atoms with Gasteiger partial charge >= 0.3 is 5.97 Å². The Kier molecular flexibility index (Phi) is 2.07. The SMILES string of the molecule is Cn1cc2cc(C(=O)O)cc(OC3CC3)c2n1. The lowest BCUT2D eigenvalue weighted by Gasteiger charge is -2.06. The molecule has 17 heavy (non-hydrogen) atoms. The summed E-state index contributed by atoms with van der Waals surface area (Å²) in [6.07, 6.45) is 4.09. The molecule has 1 aromatic carbocycles. The summed E-state index contributed by atoms with van der Waals surface area (Å²) in [6, 6.07) is 3.17. The van der Waals surface area contributed by atoms with E-state index in [1.807, 2.05) is 0 Å². The molecule has 0 bridgehead atoms. The molecule has 0 saturated heterocycles. The highest BCUT2D eigenvalue weighted by molar-refractivity contribution is 5.96. The number of hydrogen-bond donors (Lipinski definition) is 1. The van der Waals surface area contributed by atoms with Gasteiger partial charge in [-0.2, -0.15) is 5.10 Å². The maximum Gasteiger partial charge on any atom is 0.335 e. The zero-order chi connectivity index (χ0) is 12.0. The molecule has 88 valence electrons. The van der Waals surface area contributed by atoms with Gasteiger partial charge < -0.3 is 9.84 Å². The summed E-state index contributed by atoms with van der Waals surface area (Å²) in [6.45, 7) is 0. The number of fused-ring (bicyclic) bond motifs is 1. The number of aryl methyl sites for hydroxylation is 1. The maximum absolute atomic E-state index is 11.0. The van der Waals surface area contributed by atoms with Crippen LogP contribution in [0.15, 0.2) is 18.3 Å². The van der Waals surface area contributed by atoms with Crippen molar-refractivity contribution in [1.29, 1.82) is 0 Å². The fourth-order valence-electron chi connectivity index (χ4n) is 1.80. The molecule has 0 unspecified atom stereocenters. The predicted molar refractivity (Wildman–Crippen MR) is 61.3 cm³/mol. The van der Waals surface area contributed by atoms with Gasteiger partial charge in [0.05, 0.1) is 11.7 Å². The average molecular weight is 232 g/mol. The second-order valence-electron chi connectivity index (χ2n) is 4.34. The molecule has 1 fully saturated rings. The van der Waals surface area contributed by atoms with Gasteiger partial charge in [0.1, 0.15) is 11.3 Å². The molecule has 1 saturated carbocycles. The lowest BCUT2D eigenvalue weighted by molar-refractivity contribution is 0.0696. The van der Waals surface area contributed by atoms with Crippen LogP contribution in [0.1, 0.15) is 23.2 Å². The van der Waals surface area contributed by atoms with Crippen LogP contribution < -0.4 is 4.74 Å². The van der Waals surface area contributed by atoms with E-state index in [0.29, 0.717) is 5.75 Å². The van der Waals surface area contributed by atoms with Crippen LogP contribution in [-0.2, 0) is 7.05 Å². The summed E-state index contributed by atoms with van der Waals surface area (Å²) in [5, 5.41) is 14.1. The molecule has 0 amide bonds. The molecule has 5 heteroatoms. The van der Waals surface area contributed by atoms with E-state index in [-0.39, 0.29) is 11.7 Å². The number of carbonyl (C=O) groups is 1. The number of benzene rings is 1. The van der Waals surface area contributed by atoms with Crippen LogP contribution in [0.2, 0.25) is 0 Å². The highest BCUT2D eigenvalue weighted by atomic mass is 16.5. The van der Waals surface area contributed by atoms with Gasteiger partial charge in [0.2, 0.25) is 0 Å². The Morgan fingerprint density at radius 3 is 2.94 bits per heavy atom. The normalized spacial score (nSPS) is 15.1. The van der Waals surface area contributed by atoms with E-state index in [4.69, 9.17) is 9.84 Å². The zero-order valence-electron chi connectivity index (χ0n) is 9.38. The predicted octanol–water partition coefficient (Wildman–Crippen LogP) is 1.81. The fraction of sp³-hybridized carbons (Fsp3) is 0.333. The summed E-state index contributed by atoms with van der Waals surface area (Å²) in [5.41, 5.74) is 0.963. The third kappa shape index (κ3) is 1.84. The molecule has 0 radical (unpaired) electrons. The Morgan fingerprint density at radius 1 is 1.53 bits per heavy atom. The first-order valence-corrected chi connectivity index (χ1v) is 5.51. The summed E-state index contributed by atoms with van der Waals surface area (Å²) in [7, 11) is 1.81. The van der Waals surface area contributed by atoms with Crippen molar-refractivity contribution in [3.63, 3.8) is 0 Å². The van der Waals surface area contributed by atoms with Gasteiger partial charge in [-0.1, -0.05) is 0 Å². The Balaban J connectivity index is 2.16. The number of ether oxygens (including phenoxy) is 1. The number of aromatic nitrogens is 2. The lowest BCUT2D eigenvalue weighted by atomic mass is 10.1. The molecule has 1 aliphatic carbocycles. The molecular formula is C12H12N2O3. The standard InChI is InChI=1S/C12H12N2O3/c1-14-6-8-4-7(12(15)16)5-10(11(8)13-14)17-9-2-3-9/h4-6,9H,2-3H2,1H3,(H,15,16). The largest absolute Gasteiger partial charge is 0.488 e. The molecule has 0 aliphatic heterocycles. The third-order valence-electron chi connectivity index (χ3n) is 2.75. The second kappa shape index (κ2) is 3.48. The molecule has 2 aromatic rings. The van der Waals surface area contributed by atoms with E-state index in [1.165, 1.54) is 0 Å². The van der Waals surface area contributed by atoms with Crippen molar-refractivity contribution >= 4 is 16.9 Å². The van der Waals surface area contributed by atoms with Crippen molar-refractivity contribution in [3.05, 3.63) is 23.9 Å². The van der Waals surface area contributed by atoms with E-state index < -0.39 is 5.97 Å². The molecule has 5 nitrogen and oxygen atoms in total. The Morgan fingerprint density at radius 2 is 2.29 bits per heavy atom. The molecule has 1 aliphatic rings. The molecule has 1 aromatic heterocycles. The van der Waals surface area contributed by atoms with Crippen molar-refractivity contribution < 1.29 is 14.6 Å². The van der Waals surface area contributed by atoms with Crippen molar-refractivity contribution in [3.8, 4) is 5.75 Å². The van der Waals surface area contributed by atoms with Crippen LogP contribution in [-0.4, -0.2) is 27.0 Å². The molecular weight excluding hydrogens is 220 g/mol. The van der Waals surface area contributed by atoms with Crippen LogP contribution in [0.5, 0.6) is 5.75 Å². The first-order chi connectivity index (χ1) is 8.13. The van der Waals surface area contributed by atoms with Crippen molar-refractivity contribution in [2.75, 3.05) is 0 Å².